The summed E-state index contributed by atoms with van der Waals surface area (Å²) in [6.07, 6.45) is 1.29. The highest BCUT2D eigenvalue weighted by Crippen LogP contribution is 2.26. The fraction of sp³-hybridized carbons (Fsp3) is 1.00. The highest BCUT2D eigenvalue weighted by molar-refractivity contribution is 4.91. The van der Waals surface area contributed by atoms with E-state index in [4.69, 9.17) is 0 Å². The van der Waals surface area contributed by atoms with Crippen molar-refractivity contribution < 1.29 is 0 Å². The lowest BCUT2D eigenvalue weighted by molar-refractivity contribution is 0.0742. The summed E-state index contributed by atoms with van der Waals surface area (Å²) in [6.45, 7) is 13.9. The summed E-state index contributed by atoms with van der Waals surface area (Å²) in [7, 11) is 2.27. The van der Waals surface area contributed by atoms with Crippen LogP contribution in [0.3, 0.4) is 0 Å². The van der Waals surface area contributed by atoms with Crippen molar-refractivity contribution in [3.8, 4) is 0 Å². The van der Waals surface area contributed by atoms with E-state index in [0.29, 0.717) is 17.5 Å². The molecule has 2 nitrogen and oxygen atoms in total. The number of hydrogen-bond acceptors (Lipinski definition) is 2. The van der Waals surface area contributed by atoms with Gasteiger partial charge >= 0.3 is 0 Å². The Kier molecular flexibility index (Phi) is 4.19. The zero-order chi connectivity index (χ0) is 11.6. The van der Waals surface area contributed by atoms with Gasteiger partial charge in [0.1, 0.15) is 0 Å². The monoisotopic (exact) mass is 212 g/mol. The second-order valence-electron chi connectivity index (χ2n) is 6.56. The van der Waals surface area contributed by atoms with Gasteiger partial charge in [-0.1, -0.05) is 34.6 Å². The van der Waals surface area contributed by atoms with E-state index >= 15 is 0 Å². The zero-order valence-corrected chi connectivity index (χ0v) is 11.3. The van der Waals surface area contributed by atoms with Crippen molar-refractivity contribution in [1.82, 2.24) is 10.2 Å². The molecule has 1 aliphatic rings. The first-order valence-corrected chi connectivity index (χ1v) is 6.24. The van der Waals surface area contributed by atoms with Gasteiger partial charge in [-0.2, -0.15) is 0 Å². The van der Waals surface area contributed by atoms with Crippen LogP contribution in [-0.4, -0.2) is 37.1 Å². The Morgan fingerprint density at radius 3 is 2.33 bits per heavy atom. The third-order valence-corrected chi connectivity index (χ3v) is 3.40. The van der Waals surface area contributed by atoms with Gasteiger partial charge < -0.3 is 10.2 Å². The molecule has 0 aromatic carbocycles. The normalized spacial score (nSPS) is 29.8. The number of piperazine rings is 1. The summed E-state index contributed by atoms with van der Waals surface area (Å²) >= 11 is 0. The SMILES string of the molecule is CC(C)CC1CN(C)C(C(C)(C)C)CN1. The lowest BCUT2D eigenvalue weighted by Gasteiger charge is -2.45. The minimum absolute atomic E-state index is 0.380. The van der Waals surface area contributed by atoms with Crippen LogP contribution >= 0.6 is 0 Å². The molecule has 1 aliphatic heterocycles. The Labute approximate surface area is 95.4 Å². The van der Waals surface area contributed by atoms with Gasteiger partial charge in [0.05, 0.1) is 0 Å². The van der Waals surface area contributed by atoms with E-state index in [-0.39, 0.29) is 0 Å². The highest BCUT2D eigenvalue weighted by Gasteiger charge is 2.33. The van der Waals surface area contributed by atoms with E-state index in [0.717, 1.165) is 12.5 Å². The molecule has 0 aromatic heterocycles. The Hall–Kier alpha value is -0.0800. The van der Waals surface area contributed by atoms with E-state index < -0.39 is 0 Å². The average molecular weight is 212 g/mol. The van der Waals surface area contributed by atoms with Gasteiger partial charge in [-0.25, -0.2) is 0 Å². The molecule has 2 atom stereocenters. The van der Waals surface area contributed by atoms with Crippen LogP contribution in [0.4, 0.5) is 0 Å². The van der Waals surface area contributed by atoms with Gasteiger partial charge in [-0.05, 0) is 24.8 Å². The summed E-state index contributed by atoms with van der Waals surface area (Å²) in [5.41, 5.74) is 0.380. The average Bonchev–Trinajstić information content (AvgIpc) is 1.99. The summed E-state index contributed by atoms with van der Waals surface area (Å²) in [5.74, 6) is 0.794. The maximum absolute atomic E-state index is 3.70. The quantitative estimate of drug-likeness (QED) is 0.756. The van der Waals surface area contributed by atoms with Gasteiger partial charge in [-0.15, -0.1) is 0 Å². The van der Waals surface area contributed by atoms with Crippen molar-refractivity contribution in [2.24, 2.45) is 11.3 Å². The summed E-state index contributed by atoms with van der Waals surface area (Å²) in [4.78, 5) is 2.53. The van der Waals surface area contributed by atoms with Gasteiger partial charge in [0.25, 0.3) is 0 Å². The summed E-state index contributed by atoms with van der Waals surface area (Å²) in [5, 5.41) is 3.70. The molecule has 0 amide bonds. The number of hydrogen-bond donors (Lipinski definition) is 1. The lowest BCUT2D eigenvalue weighted by Crippen LogP contribution is -2.59. The topological polar surface area (TPSA) is 15.3 Å². The molecule has 1 saturated heterocycles. The number of rotatable bonds is 2. The Balaban J connectivity index is 2.48. The maximum Gasteiger partial charge on any atom is 0.0266 e. The Morgan fingerprint density at radius 1 is 1.33 bits per heavy atom. The molecule has 2 heteroatoms. The summed E-state index contributed by atoms with van der Waals surface area (Å²) < 4.78 is 0. The van der Waals surface area contributed by atoms with Crippen molar-refractivity contribution in [2.45, 2.75) is 53.1 Å². The molecular weight excluding hydrogens is 184 g/mol. The van der Waals surface area contributed by atoms with Crippen LogP contribution in [0, 0.1) is 11.3 Å². The van der Waals surface area contributed by atoms with Crippen molar-refractivity contribution in [3.63, 3.8) is 0 Å². The smallest absolute Gasteiger partial charge is 0.0266 e. The number of likely N-dealkylation sites (N-methyl/N-ethyl adjacent to an activating group) is 1. The molecule has 0 saturated carbocycles. The molecule has 0 aromatic rings. The number of nitrogens with zero attached hydrogens (tertiary/aromatic N) is 1. The molecule has 1 rings (SSSR count). The third kappa shape index (κ3) is 3.76. The van der Waals surface area contributed by atoms with Gasteiger partial charge in [0, 0.05) is 25.2 Å². The van der Waals surface area contributed by atoms with E-state index in [1.54, 1.807) is 0 Å². The van der Waals surface area contributed by atoms with Crippen LogP contribution < -0.4 is 5.32 Å². The summed E-state index contributed by atoms with van der Waals surface area (Å²) in [6, 6.07) is 1.36. The third-order valence-electron chi connectivity index (χ3n) is 3.40. The largest absolute Gasteiger partial charge is 0.311 e. The van der Waals surface area contributed by atoms with Gasteiger partial charge in [-0.3, -0.25) is 0 Å². The molecule has 0 aliphatic carbocycles. The fourth-order valence-corrected chi connectivity index (χ4v) is 2.67. The molecule has 1 N–H and O–H groups in total. The zero-order valence-electron chi connectivity index (χ0n) is 11.3. The van der Waals surface area contributed by atoms with E-state index in [1.165, 1.54) is 13.0 Å². The molecule has 15 heavy (non-hydrogen) atoms. The molecule has 90 valence electrons. The van der Waals surface area contributed by atoms with Crippen LogP contribution in [0.2, 0.25) is 0 Å². The fourth-order valence-electron chi connectivity index (χ4n) is 2.67. The van der Waals surface area contributed by atoms with E-state index in [1.807, 2.05) is 0 Å². The first kappa shape index (κ1) is 13.0. The van der Waals surface area contributed by atoms with E-state index in [9.17, 15) is 0 Å². The molecular formula is C13H28N2. The predicted octanol–water partition coefficient (Wildman–Crippen LogP) is 2.35. The van der Waals surface area contributed by atoms with Crippen molar-refractivity contribution in [2.75, 3.05) is 20.1 Å². The Morgan fingerprint density at radius 2 is 1.93 bits per heavy atom. The predicted molar refractivity (Wildman–Crippen MR) is 67.1 cm³/mol. The Bertz CT molecular complexity index is 193. The lowest BCUT2D eigenvalue weighted by atomic mass is 9.83. The van der Waals surface area contributed by atoms with Crippen LogP contribution in [0.25, 0.3) is 0 Å². The second kappa shape index (κ2) is 4.84. The molecule has 0 spiro atoms. The highest BCUT2D eigenvalue weighted by atomic mass is 15.2. The molecule has 0 radical (unpaired) electrons. The van der Waals surface area contributed by atoms with Crippen LogP contribution in [0.15, 0.2) is 0 Å². The molecule has 1 fully saturated rings. The van der Waals surface area contributed by atoms with Gasteiger partial charge in [0.2, 0.25) is 0 Å². The second-order valence-corrected chi connectivity index (χ2v) is 6.56. The van der Waals surface area contributed by atoms with E-state index in [2.05, 4.69) is 51.9 Å². The van der Waals surface area contributed by atoms with Crippen molar-refractivity contribution >= 4 is 0 Å². The van der Waals surface area contributed by atoms with Crippen molar-refractivity contribution in [3.05, 3.63) is 0 Å². The van der Waals surface area contributed by atoms with Crippen LogP contribution in [-0.2, 0) is 0 Å². The maximum atomic E-state index is 3.70. The standard InChI is InChI=1S/C13H28N2/c1-10(2)7-11-9-15(6)12(8-14-11)13(3,4)5/h10-12,14H,7-9H2,1-6H3. The van der Waals surface area contributed by atoms with Crippen LogP contribution in [0.1, 0.15) is 41.0 Å². The minimum Gasteiger partial charge on any atom is -0.311 e. The minimum atomic E-state index is 0.380. The number of nitrogens with one attached hydrogen (secondary N) is 1. The van der Waals surface area contributed by atoms with Crippen LogP contribution in [0.5, 0.6) is 0 Å². The van der Waals surface area contributed by atoms with Gasteiger partial charge in [0.15, 0.2) is 0 Å². The molecule has 0 bridgehead atoms. The first-order chi connectivity index (χ1) is 6.80. The first-order valence-electron chi connectivity index (χ1n) is 6.24. The molecule has 2 unspecified atom stereocenters. The van der Waals surface area contributed by atoms with Crippen molar-refractivity contribution in [1.29, 1.82) is 0 Å². The molecule has 1 heterocycles.